The van der Waals surface area contributed by atoms with Gasteiger partial charge in [0.2, 0.25) is 5.54 Å². The lowest BCUT2D eigenvalue weighted by molar-refractivity contribution is -0.160. The molecule has 160 valence electrons. The number of halogens is 3. The number of carboxylic acids is 1. The van der Waals surface area contributed by atoms with Gasteiger partial charge in [0.05, 0.1) is 0 Å². The first-order valence-electron chi connectivity index (χ1n) is 9.06. The van der Waals surface area contributed by atoms with Gasteiger partial charge in [-0.25, -0.2) is 4.79 Å². The molecule has 9 heteroatoms. The zero-order valence-electron chi connectivity index (χ0n) is 16.0. The molecule has 2 N–H and O–H groups in total. The van der Waals surface area contributed by atoms with Crippen LogP contribution in [0.1, 0.15) is 25.3 Å². The number of rotatable bonds is 5. The molecule has 3 rings (SSSR count). The minimum atomic E-state index is -1.58. The molecule has 2 aliphatic rings. The van der Waals surface area contributed by atoms with E-state index in [-0.39, 0.29) is 43.0 Å². The lowest BCUT2D eigenvalue weighted by Crippen LogP contribution is -2.63. The second-order valence-electron chi connectivity index (χ2n) is 6.94. The molecule has 1 unspecified atom stereocenters. The number of aliphatic carboxylic acids is 1. The second-order valence-corrected chi connectivity index (χ2v) is 6.94. The topological polar surface area (TPSA) is 72.9 Å². The lowest BCUT2D eigenvalue weighted by atomic mass is 9.83. The normalized spacial score (nSPS) is 20.6. The number of hydrogen-bond acceptors (Lipinski definition) is 5. The molecule has 0 aliphatic carbocycles. The number of piperidine rings is 1. The summed E-state index contributed by atoms with van der Waals surface area (Å²) >= 11 is 0. The number of hydrogen-bond donors (Lipinski definition) is 2. The average molecular weight is 455 g/mol. The Labute approximate surface area is 185 Å². The van der Waals surface area contributed by atoms with Crippen molar-refractivity contribution in [1.82, 2.24) is 15.1 Å². The fourth-order valence-electron chi connectivity index (χ4n) is 4.29. The molecular weight excluding hydrogens is 425 g/mol. The molecular formula is C19H30Cl3N3O3. The zero-order valence-corrected chi connectivity index (χ0v) is 18.5. The molecule has 1 aromatic carbocycles. The molecule has 2 fully saturated rings. The summed E-state index contributed by atoms with van der Waals surface area (Å²) in [6.45, 7) is 6.26. The number of piperazine rings is 1. The zero-order chi connectivity index (χ0) is 17.9. The van der Waals surface area contributed by atoms with Gasteiger partial charge in [0.25, 0.3) is 0 Å². The molecule has 1 atom stereocenters. The molecule has 0 aromatic heterocycles. The number of Topliss-reactive ketones (excluding diaryl/α,β-unsaturated/α-hetero) is 1. The van der Waals surface area contributed by atoms with Crippen LogP contribution < -0.4 is 5.32 Å². The van der Waals surface area contributed by atoms with Crippen LogP contribution in [0.25, 0.3) is 0 Å². The molecule has 0 spiro atoms. The standard InChI is InChI=1S/C19H27N3O3.3ClH/c1-15(23)19(18(24)25,16-5-3-2-4-6-16)22-13-11-21(12-14-22)17-7-9-20-10-8-17;;;/h2-6,17,20H,7-14H2,1H3,(H,24,25);3*1H. The van der Waals surface area contributed by atoms with Crippen LogP contribution in [0.2, 0.25) is 0 Å². The summed E-state index contributed by atoms with van der Waals surface area (Å²) in [4.78, 5) is 29.1. The van der Waals surface area contributed by atoms with E-state index in [1.165, 1.54) is 6.92 Å². The van der Waals surface area contributed by atoms with Crippen LogP contribution in [0.5, 0.6) is 0 Å². The van der Waals surface area contributed by atoms with E-state index in [1.54, 1.807) is 24.3 Å². The van der Waals surface area contributed by atoms with Gasteiger partial charge in [-0.2, -0.15) is 0 Å². The minimum absolute atomic E-state index is 0. The Hall–Kier alpha value is -0.890. The van der Waals surface area contributed by atoms with E-state index < -0.39 is 11.5 Å². The van der Waals surface area contributed by atoms with Gasteiger partial charge in [-0.05, 0) is 38.4 Å². The molecule has 2 saturated heterocycles. The molecule has 2 heterocycles. The molecule has 2 aliphatic heterocycles. The summed E-state index contributed by atoms with van der Waals surface area (Å²) in [5, 5.41) is 13.4. The fraction of sp³-hybridized carbons (Fsp3) is 0.579. The highest BCUT2D eigenvalue weighted by molar-refractivity contribution is 6.07. The van der Waals surface area contributed by atoms with E-state index in [1.807, 2.05) is 11.0 Å². The SMILES string of the molecule is CC(=O)C(C(=O)O)(c1ccccc1)N1CCN(C2CCNCC2)CC1.Cl.Cl.Cl. The van der Waals surface area contributed by atoms with Gasteiger partial charge in [0, 0.05) is 32.2 Å². The summed E-state index contributed by atoms with van der Waals surface area (Å²) in [6, 6.07) is 9.48. The number of nitrogens with one attached hydrogen (secondary N) is 1. The van der Waals surface area contributed by atoms with Crippen molar-refractivity contribution in [3.8, 4) is 0 Å². The highest BCUT2D eigenvalue weighted by Crippen LogP contribution is 2.32. The van der Waals surface area contributed by atoms with Crippen LogP contribution in [0.15, 0.2) is 30.3 Å². The Bertz CT molecular complexity index is 605. The first kappa shape index (κ1) is 27.1. The molecule has 0 saturated carbocycles. The van der Waals surface area contributed by atoms with Gasteiger partial charge in [-0.1, -0.05) is 30.3 Å². The predicted molar refractivity (Wildman–Crippen MR) is 117 cm³/mol. The number of nitrogens with zero attached hydrogens (tertiary/aromatic N) is 2. The molecule has 0 bridgehead atoms. The maximum absolute atomic E-state index is 12.5. The third-order valence-corrected chi connectivity index (χ3v) is 5.62. The molecule has 0 amide bonds. The first-order valence-corrected chi connectivity index (χ1v) is 9.06. The summed E-state index contributed by atoms with van der Waals surface area (Å²) in [6.07, 6.45) is 2.27. The average Bonchev–Trinajstić information content (AvgIpc) is 2.64. The van der Waals surface area contributed by atoms with Crippen LogP contribution in [0.4, 0.5) is 0 Å². The fourth-order valence-corrected chi connectivity index (χ4v) is 4.29. The molecule has 6 nitrogen and oxygen atoms in total. The van der Waals surface area contributed by atoms with E-state index >= 15 is 0 Å². The minimum Gasteiger partial charge on any atom is -0.479 e. The number of ketones is 1. The highest BCUT2D eigenvalue weighted by Gasteiger charge is 2.51. The molecule has 1 aromatic rings. The van der Waals surface area contributed by atoms with Crippen molar-refractivity contribution in [2.75, 3.05) is 39.3 Å². The smallest absolute Gasteiger partial charge is 0.336 e. The Morgan fingerprint density at radius 3 is 2.00 bits per heavy atom. The Balaban J connectivity index is 0.00000243. The van der Waals surface area contributed by atoms with Crippen molar-refractivity contribution in [2.45, 2.75) is 31.3 Å². The van der Waals surface area contributed by atoms with Crippen LogP contribution in [-0.2, 0) is 15.1 Å². The Morgan fingerprint density at radius 1 is 1.00 bits per heavy atom. The van der Waals surface area contributed by atoms with Gasteiger partial charge in [0.1, 0.15) is 0 Å². The number of benzene rings is 1. The number of carbonyl (C=O) groups is 2. The van der Waals surface area contributed by atoms with Crippen molar-refractivity contribution in [3.63, 3.8) is 0 Å². The van der Waals surface area contributed by atoms with Gasteiger partial charge in [0.15, 0.2) is 5.78 Å². The number of carbonyl (C=O) groups excluding carboxylic acids is 1. The third kappa shape index (κ3) is 5.17. The highest BCUT2D eigenvalue weighted by atomic mass is 35.5. The van der Waals surface area contributed by atoms with Gasteiger partial charge < -0.3 is 10.4 Å². The van der Waals surface area contributed by atoms with E-state index in [0.29, 0.717) is 24.7 Å². The molecule has 28 heavy (non-hydrogen) atoms. The van der Waals surface area contributed by atoms with Crippen molar-refractivity contribution >= 4 is 49.0 Å². The van der Waals surface area contributed by atoms with Crippen molar-refractivity contribution < 1.29 is 14.7 Å². The third-order valence-electron chi connectivity index (χ3n) is 5.62. The summed E-state index contributed by atoms with van der Waals surface area (Å²) in [5.74, 6) is -1.41. The van der Waals surface area contributed by atoms with Crippen LogP contribution in [-0.4, -0.2) is 72.0 Å². The first-order chi connectivity index (χ1) is 12.1. The van der Waals surface area contributed by atoms with Gasteiger partial charge >= 0.3 is 5.97 Å². The van der Waals surface area contributed by atoms with Gasteiger partial charge in [-0.3, -0.25) is 14.6 Å². The van der Waals surface area contributed by atoms with E-state index in [9.17, 15) is 14.7 Å². The van der Waals surface area contributed by atoms with Crippen LogP contribution >= 0.6 is 37.2 Å². The van der Waals surface area contributed by atoms with E-state index in [2.05, 4.69) is 10.2 Å². The summed E-state index contributed by atoms with van der Waals surface area (Å²) < 4.78 is 0. The maximum Gasteiger partial charge on any atom is 0.336 e. The lowest BCUT2D eigenvalue weighted by Gasteiger charge is -2.46. The van der Waals surface area contributed by atoms with Crippen LogP contribution in [0.3, 0.4) is 0 Å². The quantitative estimate of drug-likeness (QED) is 0.665. The maximum atomic E-state index is 12.5. The summed E-state index contributed by atoms with van der Waals surface area (Å²) in [5.41, 5.74) is -1.04. The van der Waals surface area contributed by atoms with Crippen molar-refractivity contribution in [1.29, 1.82) is 0 Å². The van der Waals surface area contributed by atoms with E-state index in [4.69, 9.17) is 0 Å². The summed E-state index contributed by atoms with van der Waals surface area (Å²) in [7, 11) is 0. The van der Waals surface area contributed by atoms with Crippen molar-refractivity contribution in [3.05, 3.63) is 35.9 Å². The largest absolute Gasteiger partial charge is 0.479 e. The Morgan fingerprint density at radius 2 is 1.54 bits per heavy atom. The number of carboxylic acid groups (broad SMARTS) is 1. The molecule has 0 radical (unpaired) electrons. The van der Waals surface area contributed by atoms with Crippen LogP contribution in [0, 0.1) is 0 Å². The van der Waals surface area contributed by atoms with Gasteiger partial charge in [-0.15, -0.1) is 37.2 Å². The second kappa shape index (κ2) is 12.0. The van der Waals surface area contributed by atoms with Crippen molar-refractivity contribution in [2.24, 2.45) is 0 Å². The predicted octanol–water partition coefficient (Wildman–Crippen LogP) is 2.19. The van der Waals surface area contributed by atoms with E-state index in [0.717, 1.165) is 39.0 Å². The monoisotopic (exact) mass is 453 g/mol. The Kier molecular flexibility index (Phi) is 11.6.